The number of anilines is 1. The number of amides is 1. The van der Waals surface area contributed by atoms with Crippen molar-refractivity contribution in [2.24, 2.45) is 0 Å². The van der Waals surface area contributed by atoms with E-state index in [0.29, 0.717) is 28.6 Å². The molecule has 0 saturated carbocycles. The second kappa shape index (κ2) is 5.86. The monoisotopic (exact) mass is 358 g/mol. The summed E-state index contributed by atoms with van der Waals surface area (Å²) in [6, 6.07) is 7.44. The first-order chi connectivity index (χ1) is 12.0. The molecule has 6 nitrogen and oxygen atoms in total. The Bertz CT molecular complexity index is 1000. The number of carbonyl (C=O) groups is 1. The van der Waals surface area contributed by atoms with Crippen molar-refractivity contribution in [2.75, 3.05) is 5.32 Å². The zero-order chi connectivity index (χ0) is 17.6. The van der Waals surface area contributed by atoms with Gasteiger partial charge in [0.1, 0.15) is 29.2 Å². The number of nitrogens with zero attached hydrogens (tertiary/aromatic N) is 3. The Morgan fingerprint density at radius 2 is 2.20 bits per heavy atom. The van der Waals surface area contributed by atoms with Crippen molar-refractivity contribution in [1.29, 1.82) is 0 Å². The molecule has 1 N–H and O–H groups in total. The lowest BCUT2D eigenvalue weighted by molar-refractivity contribution is 0.101. The van der Waals surface area contributed by atoms with E-state index in [1.165, 1.54) is 18.3 Å². The van der Waals surface area contributed by atoms with Crippen LogP contribution in [0.4, 0.5) is 10.1 Å². The van der Waals surface area contributed by atoms with Crippen molar-refractivity contribution in [1.82, 2.24) is 14.5 Å². The molecule has 1 aromatic carbocycles. The average molecular weight is 359 g/mol. The fourth-order valence-electron chi connectivity index (χ4n) is 2.82. The lowest BCUT2D eigenvalue weighted by atomic mass is 10.2. The van der Waals surface area contributed by atoms with Crippen molar-refractivity contribution in [2.45, 2.75) is 13.5 Å². The summed E-state index contributed by atoms with van der Waals surface area (Å²) in [5, 5.41) is 3.02. The van der Waals surface area contributed by atoms with Crippen molar-refractivity contribution in [3.05, 3.63) is 64.7 Å². The Morgan fingerprint density at radius 1 is 1.36 bits per heavy atom. The third kappa shape index (κ3) is 2.72. The van der Waals surface area contributed by atoms with Gasteiger partial charge in [-0.3, -0.25) is 9.36 Å². The molecule has 0 saturated heterocycles. The number of fused-ring (bicyclic) bond motifs is 3. The predicted molar refractivity (Wildman–Crippen MR) is 89.8 cm³/mol. The maximum Gasteiger partial charge on any atom is 0.276 e. The molecule has 0 bridgehead atoms. The van der Waals surface area contributed by atoms with Gasteiger partial charge < -0.3 is 10.1 Å². The number of ether oxygens (including phenoxy) is 1. The zero-order valence-electron chi connectivity index (χ0n) is 13.1. The van der Waals surface area contributed by atoms with Crippen LogP contribution in [0.2, 0.25) is 5.15 Å². The highest BCUT2D eigenvalue weighted by atomic mass is 35.5. The minimum atomic E-state index is -0.382. The highest BCUT2D eigenvalue weighted by molar-refractivity contribution is 6.29. The Hall–Kier alpha value is -2.93. The van der Waals surface area contributed by atoms with E-state index in [-0.39, 0.29) is 29.2 Å². The fourth-order valence-corrected chi connectivity index (χ4v) is 2.99. The van der Waals surface area contributed by atoms with Gasteiger partial charge in [-0.2, -0.15) is 0 Å². The number of nitrogens with one attached hydrogen (secondary N) is 1. The maximum absolute atomic E-state index is 13.4. The van der Waals surface area contributed by atoms with Gasteiger partial charge in [-0.25, -0.2) is 14.4 Å². The van der Waals surface area contributed by atoms with Gasteiger partial charge >= 0.3 is 0 Å². The summed E-state index contributed by atoms with van der Waals surface area (Å²) in [5.41, 5.74) is 2.02. The van der Waals surface area contributed by atoms with E-state index in [2.05, 4.69) is 15.3 Å². The molecule has 0 radical (unpaired) electrons. The summed E-state index contributed by atoms with van der Waals surface area (Å²) in [6.45, 7) is 1.90. The molecule has 3 heterocycles. The zero-order valence-corrected chi connectivity index (χ0v) is 13.8. The Morgan fingerprint density at radius 3 is 3.00 bits per heavy atom. The number of rotatable bonds is 2. The number of hydrogen-bond donors (Lipinski definition) is 1. The van der Waals surface area contributed by atoms with Crippen molar-refractivity contribution in [3.8, 4) is 11.4 Å². The van der Waals surface area contributed by atoms with Gasteiger partial charge in [0.05, 0.1) is 11.4 Å². The molecule has 0 atom stereocenters. The van der Waals surface area contributed by atoms with Crippen LogP contribution in [0.15, 0.2) is 36.5 Å². The van der Waals surface area contributed by atoms with Crippen molar-refractivity contribution < 1.29 is 13.9 Å². The molecule has 1 amide bonds. The summed E-state index contributed by atoms with van der Waals surface area (Å²) < 4.78 is 20.8. The smallest absolute Gasteiger partial charge is 0.276 e. The molecule has 0 fully saturated rings. The van der Waals surface area contributed by atoms with Crippen LogP contribution in [-0.4, -0.2) is 20.4 Å². The Labute approximate surface area is 147 Å². The maximum atomic E-state index is 13.4. The van der Waals surface area contributed by atoms with Crippen LogP contribution >= 0.6 is 11.6 Å². The quantitative estimate of drug-likeness (QED) is 0.712. The van der Waals surface area contributed by atoms with E-state index in [9.17, 15) is 9.18 Å². The number of imidazole rings is 1. The van der Waals surface area contributed by atoms with E-state index in [4.69, 9.17) is 16.3 Å². The van der Waals surface area contributed by atoms with Crippen molar-refractivity contribution >= 4 is 23.2 Å². The van der Waals surface area contributed by atoms with Gasteiger partial charge in [-0.15, -0.1) is 0 Å². The van der Waals surface area contributed by atoms with Crippen LogP contribution in [0.5, 0.6) is 5.75 Å². The molecule has 4 rings (SSSR count). The minimum absolute atomic E-state index is 0.122. The van der Waals surface area contributed by atoms with Gasteiger partial charge in [0.2, 0.25) is 0 Å². The minimum Gasteiger partial charge on any atom is -0.485 e. The molecule has 25 heavy (non-hydrogen) atoms. The first-order valence-corrected chi connectivity index (χ1v) is 7.84. The second-order valence-electron chi connectivity index (χ2n) is 5.51. The summed E-state index contributed by atoms with van der Waals surface area (Å²) in [6.07, 6.45) is 1.50. The predicted octanol–water partition coefficient (Wildman–Crippen LogP) is 3.51. The van der Waals surface area contributed by atoms with Crippen LogP contribution in [-0.2, 0) is 6.61 Å². The summed E-state index contributed by atoms with van der Waals surface area (Å²) in [5.74, 6) is 0.269. The summed E-state index contributed by atoms with van der Waals surface area (Å²) in [4.78, 5) is 20.8. The van der Waals surface area contributed by atoms with Crippen LogP contribution in [0, 0.1) is 12.7 Å². The number of halogens is 2. The van der Waals surface area contributed by atoms with E-state index < -0.39 is 0 Å². The van der Waals surface area contributed by atoms with Gasteiger partial charge in [0, 0.05) is 18.0 Å². The number of aromatic nitrogens is 3. The van der Waals surface area contributed by atoms with Crippen LogP contribution in [0.3, 0.4) is 0 Å². The van der Waals surface area contributed by atoms with Gasteiger partial charge in [-0.1, -0.05) is 11.6 Å². The second-order valence-corrected chi connectivity index (χ2v) is 5.90. The first-order valence-electron chi connectivity index (χ1n) is 7.47. The summed E-state index contributed by atoms with van der Waals surface area (Å²) >= 11 is 5.83. The highest BCUT2D eigenvalue weighted by Crippen LogP contribution is 2.33. The first kappa shape index (κ1) is 15.6. The molecule has 0 spiro atoms. The molecular weight excluding hydrogens is 347 g/mol. The average Bonchev–Trinajstić information content (AvgIpc) is 2.92. The van der Waals surface area contributed by atoms with Gasteiger partial charge in [-0.05, 0) is 31.2 Å². The highest BCUT2D eigenvalue weighted by Gasteiger charge is 2.27. The van der Waals surface area contributed by atoms with Crippen molar-refractivity contribution in [3.63, 3.8) is 0 Å². The molecule has 2 aromatic heterocycles. The van der Waals surface area contributed by atoms with Crippen LogP contribution in [0.25, 0.3) is 5.69 Å². The third-order valence-corrected chi connectivity index (χ3v) is 4.07. The molecule has 0 aliphatic carbocycles. The lowest BCUT2D eigenvalue weighted by Gasteiger charge is -2.21. The number of aryl methyl sites for hydroxylation is 1. The molecule has 126 valence electrons. The lowest BCUT2D eigenvalue weighted by Crippen LogP contribution is -2.19. The van der Waals surface area contributed by atoms with Gasteiger partial charge in [0.15, 0.2) is 5.69 Å². The number of pyridine rings is 1. The third-order valence-electron chi connectivity index (χ3n) is 3.87. The van der Waals surface area contributed by atoms with E-state index >= 15 is 0 Å². The van der Waals surface area contributed by atoms with E-state index in [0.717, 1.165) is 0 Å². The number of benzene rings is 1. The summed E-state index contributed by atoms with van der Waals surface area (Å²) in [7, 11) is 0. The molecule has 8 heteroatoms. The molecule has 0 unspecified atom stereocenters. The Kier molecular flexibility index (Phi) is 3.65. The SMILES string of the molecule is Cc1nc(C(=O)Nc2ccnc(Cl)c2)c2n1-c1ccc(F)cc1OC2. The largest absolute Gasteiger partial charge is 0.485 e. The van der Waals surface area contributed by atoms with E-state index in [1.807, 2.05) is 0 Å². The standard InChI is InChI=1S/C17H12ClFN4O2/c1-9-21-16(17(24)22-11-4-5-20-15(18)7-11)13-8-25-14-6-10(19)2-3-12(14)23(9)13/h2-7H,8H2,1H3,(H,20,22,24). The number of carbonyl (C=O) groups excluding carboxylic acids is 1. The normalized spacial score (nSPS) is 12.1. The van der Waals surface area contributed by atoms with Gasteiger partial charge in [0.25, 0.3) is 5.91 Å². The number of hydrogen-bond acceptors (Lipinski definition) is 4. The molecular formula is C17H12ClFN4O2. The van der Waals surface area contributed by atoms with Crippen LogP contribution < -0.4 is 10.1 Å². The molecule has 3 aromatic rings. The topological polar surface area (TPSA) is 69.0 Å². The Balaban J connectivity index is 1.73. The van der Waals surface area contributed by atoms with E-state index in [1.54, 1.807) is 29.7 Å². The fraction of sp³-hybridized carbons (Fsp3) is 0.118. The molecule has 1 aliphatic heterocycles. The van der Waals surface area contributed by atoms with Crippen LogP contribution in [0.1, 0.15) is 22.0 Å². The molecule has 1 aliphatic rings.